The molecule has 1 aromatic rings. The summed E-state index contributed by atoms with van der Waals surface area (Å²) in [5.41, 5.74) is 0.869. The Labute approximate surface area is 111 Å². The Hall–Kier alpha value is -1.95. The number of rotatable bonds is 5. The number of nitrogens with zero attached hydrogens (tertiary/aromatic N) is 1. The van der Waals surface area contributed by atoms with Gasteiger partial charge in [-0.25, -0.2) is 0 Å². The van der Waals surface area contributed by atoms with Gasteiger partial charge in [-0.05, 0) is 24.5 Å². The molecule has 1 aromatic carbocycles. The lowest BCUT2D eigenvalue weighted by molar-refractivity contribution is -0.384. The fourth-order valence-corrected chi connectivity index (χ4v) is 1.69. The molecule has 6 heteroatoms. The third kappa shape index (κ3) is 3.75. The average Bonchev–Trinajstić information content (AvgIpc) is 2.34. The third-order valence-corrected chi connectivity index (χ3v) is 2.98. The van der Waals surface area contributed by atoms with E-state index in [1.807, 2.05) is 13.8 Å². The predicted octanol–water partition coefficient (Wildman–Crippen LogP) is 1.65. The Morgan fingerprint density at radius 3 is 2.53 bits per heavy atom. The molecule has 19 heavy (non-hydrogen) atoms. The molecule has 1 atom stereocenters. The molecule has 0 aliphatic carbocycles. The van der Waals surface area contributed by atoms with Gasteiger partial charge in [-0.15, -0.1) is 0 Å². The molecule has 0 aliphatic heterocycles. The highest BCUT2D eigenvalue weighted by Crippen LogP contribution is 2.17. The van der Waals surface area contributed by atoms with Crippen molar-refractivity contribution in [3.05, 3.63) is 39.4 Å². The van der Waals surface area contributed by atoms with E-state index in [1.165, 1.54) is 18.2 Å². The maximum Gasteiger partial charge on any atom is 0.269 e. The molecule has 0 aliphatic rings. The van der Waals surface area contributed by atoms with Crippen LogP contribution in [0.4, 0.5) is 5.69 Å². The van der Waals surface area contributed by atoms with E-state index in [0.717, 1.165) is 0 Å². The van der Waals surface area contributed by atoms with Gasteiger partial charge >= 0.3 is 0 Å². The second kappa shape index (κ2) is 6.29. The van der Waals surface area contributed by atoms with Crippen LogP contribution in [-0.2, 0) is 0 Å². The number of aliphatic hydroxyl groups is 1. The highest BCUT2D eigenvalue weighted by Gasteiger charge is 2.18. The van der Waals surface area contributed by atoms with Crippen LogP contribution in [0.15, 0.2) is 18.2 Å². The van der Waals surface area contributed by atoms with E-state index in [0.29, 0.717) is 11.1 Å². The minimum Gasteiger partial charge on any atom is -0.394 e. The van der Waals surface area contributed by atoms with Crippen LogP contribution in [0.3, 0.4) is 0 Å². The van der Waals surface area contributed by atoms with Gasteiger partial charge in [-0.1, -0.05) is 13.8 Å². The van der Waals surface area contributed by atoms with Crippen molar-refractivity contribution in [2.75, 3.05) is 6.61 Å². The standard InChI is InChI=1S/C13H18N2O4/c1-8(2)12(7-16)14-13(17)11-5-4-10(15(18)19)6-9(11)3/h4-6,8,12,16H,7H2,1-3H3,(H,14,17). The molecule has 1 amide bonds. The van der Waals surface area contributed by atoms with Crippen LogP contribution in [0.25, 0.3) is 0 Å². The first-order valence-electron chi connectivity index (χ1n) is 6.03. The molecule has 6 nitrogen and oxygen atoms in total. The summed E-state index contributed by atoms with van der Waals surface area (Å²) in [4.78, 5) is 22.1. The smallest absolute Gasteiger partial charge is 0.269 e. The number of amides is 1. The van der Waals surface area contributed by atoms with Crippen molar-refractivity contribution in [1.82, 2.24) is 5.32 Å². The Balaban J connectivity index is 2.91. The highest BCUT2D eigenvalue weighted by atomic mass is 16.6. The van der Waals surface area contributed by atoms with Crippen molar-refractivity contribution >= 4 is 11.6 Å². The van der Waals surface area contributed by atoms with Crippen LogP contribution in [0.5, 0.6) is 0 Å². The summed E-state index contributed by atoms with van der Waals surface area (Å²) < 4.78 is 0. The summed E-state index contributed by atoms with van der Waals surface area (Å²) in [7, 11) is 0. The van der Waals surface area contributed by atoms with Gasteiger partial charge in [0.2, 0.25) is 0 Å². The van der Waals surface area contributed by atoms with Crippen LogP contribution in [0.2, 0.25) is 0 Å². The van der Waals surface area contributed by atoms with Crippen molar-refractivity contribution in [3.8, 4) is 0 Å². The molecule has 104 valence electrons. The van der Waals surface area contributed by atoms with Crippen molar-refractivity contribution in [2.24, 2.45) is 5.92 Å². The first kappa shape index (κ1) is 15.1. The molecule has 0 aromatic heterocycles. The number of carbonyl (C=O) groups excluding carboxylic acids is 1. The molecule has 0 saturated carbocycles. The van der Waals surface area contributed by atoms with Gasteiger partial charge in [0.05, 0.1) is 17.6 Å². The van der Waals surface area contributed by atoms with Gasteiger partial charge in [-0.3, -0.25) is 14.9 Å². The second-order valence-electron chi connectivity index (χ2n) is 4.76. The zero-order valence-corrected chi connectivity index (χ0v) is 11.2. The average molecular weight is 266 g/mol. The van der Waals surface area contributed by atoms with Crippen LogP contribution >= 0.6 is 0 Å². The zero-order valence-electron chi connectivity index (χ0n) is 11.2. The lowest BCUT2D eigenvalue weighted by atomic mass is 10.0. The van der Waals surface area contributed by atoms with Crippen LogP contribution in [0.1, 0.15) is 29.8 Å². The fourth-order valence-electron chi connectivity index (χ4n) is 1.69. The SMILES string of the molecule is Cc1cc([N+](=O)[O-])ccc1C(=O)NC(CO)C(C)C. The number of nitrogens with one attached hydrogen (secondary N) is 1. The Kier molecular flexibility index (Phi) is 5.00. The molecule has 1 unspecified atom stereocenters. The summed E-state index contributed by atoms with van der Waals surface area (Å²) in [5.74, 6) is -0.229. The van der Waals surface area contributed by atoms with Crippen molar-refractivity contribution in [2.45, 2.75) is 26.8 Å². The van der Waals surface area contributed by atoms with Crippen molar-refractivity contribution in [1.29, 1.82) is 0 Å². The second-order valence-corrected chi connectivity index (χ2v) is 4.76. The summed E-state index contributed by atoms with van der Waals surface area (Å²) in [6, 6.07) is 3.75. The summed E-state index contributed by atoms with van der Waals surface area (Å²) >= 11 is 0. The van der Waals surface area contributed by atoms with E-state index in [-0.39, 0.29) is 30.2 Å². The molecular formula is C13H18N2O4. The van der Waals surface area contributed by atoms with Gasteiger partial charge in [0.25, 0.3) is 11.6 Å². The van der Waals surface area contributed by atoms with Gasteiger partial charge in [0.1, 0.15) is 0 Å². The largest absolute Gasteiger partial charge is 0.394 e. The number of aryl methyl sites for hydroxylation is 1. The fraction of sp³-hybridized carbons (Fsp3) is 0.462. The lowest BCUT2D eigenvalue weighted by Gasteiger charge is -2.20. The van der Waals surface area contributed by atoms with E-state index in [4.69, 9.17) is 0 Å². The monoisotopic (exact) mass is 266 g/mol. The van der Waals surface area contributed by atoms with Gasteiger partial charge in [-0.2, -0.15) is 0 Å². The molecule has 0 heterocycles. The van der Waals surface area contributed by atoms with E-state index in [2.05, 4.69) is 5.32 Å². The van der Waals surface area contributed by atoms with Crippen molar-refractivity contribution in [3.63, 3.8) is 0 Å². The summed E-state index contributed by atoms with van der Waals surface area (Å²) in [5, 5.41) is 22.5. The Morgan fingerprint density at radius 1 is 1.47 bits per heavy atom. The number of hydrogen-bond acceptors (Lipinski definition) is 4. The van der Waals surface area contributed by atoms with Gasteiger partial charge < -0.3 is 10.4 Å². The molecule has 0 radical (unpaired) electrons. The Morgan fingerprint density at radius 2 is 2.11 bits per heavy atom. The maximum absolute atomic E-state index is 12.0. The number of nitro benzene ring substituents is 1. The molecule has 0 saturated heterocycles. The quantitative estimate of drug-likeness (QED) is 0.626. The van der Waals surface area contributed by atoms with E-state index >= 15 is 0 Å². The van der Waals surface area contributed by atoms with Crippen LogP contribution in [-0.4, -0.2) is 28.6 Å². The lowest BCUT2D eigenvalue weighted by Crippen LogP contribution is -2.41. The predicted molar refractivity (Wildman–Crippen MR) is 71.0 cm³/mol. The molecule has 1 rings (SSSR count). The Bertz CT molecular complexity index is 486. The third-order valence-electron chi connectivity index (χ3n) is 2.98. The number of benzene rings is 1. The topological polar surface area (TPSA) is 92.5 Å². The first-order valence-corrected chi connectivity index (χ1v) is 6.03. The summed E-state index contributed by atoms with van der Waals surface area (Å²) in [6.45, 7) is 5.29. The normalized spacial score (nSPS) is 12.3. The molecular weight excluding hydrogens is 248 g/mol. The first-order chi connectivity index (χ1) is 8.86. The summed E-state index contributed by atoms with van der Waals surface area (Å²) in [6.07, 6.45) is 0. The van der Waals surface area contributed by atoms with Crippen LogP contribution < -0.4 is 5.32 Å². The maximum atomic E-state index is 12.0. The number of aliphatic hydroxyl groups excluding tert-OH is 1. The minimum atomic E-state index is -0.501. The van der Waals surface area contributed by atoms with E-state index in [9.17, 15) is 20.0 Å². The zero-order chi connectivity index (χ0) is 14.6. The number of hydrogen-bond donors (Lipinski definition) is 2. The van der Waals surface area contributed by atoms with Crippen LogP contribution in [0, 0.1) is 23.0 Å². The molecule has 0 spiro atoms. The van der Waals surface area contributed by atoms with E-state index in [1.54, 1.807) is 6.92 Å². The molecule has 0 bridgehead atoms. The number of carbonyl (C=O) groups is 1. The molecule has 2 N–H and O–H groups in total. The highest BCUT2D eigenvalue weighted by molar-refractivity contribution is 5.96. The van der Waals surface area contributed by atoms with E-state index < -0.39 is 4.92 Å². The number of non-ortho nitro benzene ring substituents is 1. The minimum absolute atomic E-state index is 0.0448. The van der Waals surface area contributed by atoms with Gasteiger partial charge in [0, 0.05) is 17.7 Å². The molecule has 0 fully saturated rings. The number of nitro groups is 1. The van der Waals surface area contributed by atoms with Gasteiger partial charge in [0.15, 0.2) is 0 Å². The van der Waals surface area contributed by atoms with Crippen molar-refractivity contribution < 1.29 is 14.8 Å².